The molecule has 138 valence electrons. The van der Waals surface area contributed by atoms with Gasteiger partial charge in [-0.25, -0.2) is 0 Å². The number of anilines is 1. The number of amides is 1. The lowest BCUT2D eigenvalue weighted by molar-refractivity contribution is -0.116. The maximum Gasteiger partial charge on any atom is 0.226 e. The van der Waals surface area contributed by atoms with Crippen molar-refractivity contribution >= 4 is 33.5 Å². The first kappa shape index (κ1) is 19.7. The van der Waals surface area contributed by atoms with E-state index in [1.807, 2.05) is 25.1 Å². The van der Waals surface area contributed by atoms with Crippen LogP contribution in [0.1, 0.15) is 18.4 Å². The summed E-state index contributed by atoms with van der Waals surface area (Å²) >= 11 is 3.43. The van der Waals surface area contributed by atoms with E-state index in [1.165, 1.54) is 0 Å². The van der Waals surface area contributed by atoms with Crippen molar-refractivity contribution in [2.45, 2.75) is 19.8 Å². The smallest absolute Gasteiger partial charge is 0.226 e. The van der Waals surface area contributed by atoms with E-state index >= 15 is 0 Å². The van der Waals surface area contributed by atoms with E-state index in [2.05, 4.69) is 36.5 Å². The molecular weight excluding hydrogens is 384 g/mol. The molecule has 0 spiro atoms. The standard InChI is InChI=1S/C18H27BrN4O2/c1-13-10-15(19)4-5-16(13)22-17(24)6-8-21-18(20-2)23-9-7-14(11-23)12-25-3/h4-5,10,14H,6-9,11-12H2,1-3H3,(H,20,21)(H,22,24). The molecule has 1 aromatic rings. The molecule has 1 atom stereocenters. The maximum atomic E-state index is 12.1. The molecule has 0 aromatic heterocycles. The summed E-state index contributed by atoms with van der Waals surface area (Å²) in [6, 6.07) is 5.82. The Morgan fingerprint density at radius 1 is 1.48 bits per heavy atom. The van der Waals surface area contributed by atoms with E-state index in [4.69, 9.17) is 4.74 Å². The van der Waals surface area contributed by atoms with Gasteiger partial charge in [0.05, 0.1) is 6.61 Å². The normalized spacial score (nSPS) is 17.7. The number of rotatable bonds is 6. The van der Waals surface area contributed by atoms with E-state index in [0.717, 1.165) is 47.8 Å². The molecule has 0 saturated carbocycles. The predicted molar refractivity (Wildman–Crippen MR) is 105 cm³/mol. The van der Waals surface area contributed by atoms with Crippen LogP contribution in [0.15, 0.2) is 27.7 Å². The number of aryl methyl sites for hydroxylation is 1. The molecule has 7 heteroatoms. The Labute approximate surface area is 158 Å². The minimum atomic E-state index is -0.00735. The van der Waals surface area contributed by atoms with Gasteiger partial charge in [-0.1, -0.05) is 15.9 Å². The number of aliphatic imine (C=N–C) groups is 1. The zero-order valence-electron chi connectivity index (χ0n) is 15.1. The highest BCUT2D eigenvalue weighted by molar-refractivity contribution is 9.10. The number of carbonyl (C=O) groups excluding carboxylic acids is 1. The Kier molecular flexibility index (Phi) is 7.71. The van der Waals surface area contributed by atoms with Gasteiger partial charge in [-0.2, -0.15) is 0 Å². The average molecular weight is 411 g/mol. The van der Waals surface area contributed by atoms with Gasteiger partial charge in [0.1, 0.15) is 0 Å². The van der Waals surface area contributed by atoms with Gasteiger partial charge in [0.15, 0.2) is 5.96 Å². The van der Waals surface area contributed by atoms with E-state index in [1.54, 1.807) is 14.2 Å². The first-order chi connectivity index (χ1) is 12.0. The molecule has 1 aliphatic rings. The van der Waals surface area contributed by atoms with E-state index in [0.29, 0.717) is 18.9 Å². The Balaban J connectivity index is 1.76. The van der Waals surface area contributed by atoms with Crippen molar-refractivity contribution in [3.05, 3.63) is 28.2 Å². The molecule has 2 rings (SSSR count). The van der Waals surface area contributed by atoms with Crippen LogP contribution in [0.4, 0.5) is 5.69 Å². The van der Waals surface area contributed by atoms with Crippen LogP contribution in [0.3, 0.4) is 0 Å². The van der Waals surface area contributed by atoms with Crippen molar-refractivity contribution in [2.75, 3.05) is 45.7 Å². The number of carbonyl (C=O) groups is 1. The minimum absolute atomic E-state index is 0.00735. The molecular formula is C18H27BrN4O2. The molecule has 0 radical (unpaired) electrons. The van der Waals surface area contributed by atoms with Crippen molar-refractivity contribution in [2.24, 2.45) is 10.9 Å². The summed E-state index contributed by atoms with van der Waals surface area (Å²) in [5, 5.41) is 6.23. The van der Waals surface area contributed by atoms with Crippen LogP contribution < -0.4 is 10.6 Å². The monoisotopic (exact) mass is 410 g/mol. The Hall–Kier alpha value is -1.60. The first-order valence-corrected chi connectivity index (χ1v) is 9.33. The fourth-order valence-electron chi connectivity index (χ4n) is 3.00. The zero-order chi connectivity index (χ0) is 18.2. The Morgan fingerprint density at radius 3 is 2.96 bits per heavy atom. The summed E-state index contributed by atoms with van der Waals surface area (Å²) in [5.41, 5.74) is 1.88. The third-order valence-corrected chi connectivity index (χ3v) is 4.79. The molecule has 1 heterocycles. The van der Waals surface area contributed by atoms with Gasteiger partial charge >= 0.3 is 0 Å². The fourth-order valence-corrected chi connectivity index (χ4v) is 3.47. The summed E-state index contributed by atoms with van der Waals surface area (Å²) in [6.45, 7) is 5.22. The summed E-state index contributed by atoms with van der Waals surface area (Å²) in [7, 11) is 3.51. The number of guanidine groups is 1. The molecule has 1 unspecified atom stereocenters. The lowest BCUT2D eigenvalue weighted by Crippen LogP contribution is -2.41. The van der Waals surface area contributed by atoms with Gasteiger partial charge in [0.2, 0.25) is 5.91 Å². The number of ether oxygens (including phenoxy) is 1. The lowest BCUT2D eigenvalue weighted by atomic mass is 10.1. The number of benzene rings is 1. The van der Waals surface area contributed by atoms with Gasteiger partial charge in [-0.3, -0.25) is 9.79 Å². The second-order valence-corrected chi connectivity index (χ2v) is 7.20. The van der Waals surface area contributed by atoms with Crippen molar-refractivity contribution in [1.29, 1.82) is 0 Å². The number of hydrogen-bond donors (Lipinski definition) is 2. The molecule has 1 fully saturated rings. The van der Waals surface area contributed by atoms with Crippen molar-refractivity contribution < 1.29 is 9.53 Å². The quantitative estimate of drug-likeness (QED) is 0.558. The minimum Gasteiger partial charge on any atom is -0.384 e. The van der Waals surface area contributed by atoms with E-state index in [9.17, 15) is 4.79 Å². The zero-order valence-corrected chi connectivity index (χ0v) is 16.7. The fraction of sp³-hybridized carbons (Fsp3) is 0.556. The maximum absolute atomic E-state index is 12.1. The summed E-state index contributed by atoms with van der Waals surface area (Å²) < 4.78 is 6.24. The second-order valence-electron chi connectivity index (χ2n) is 6.29. The topological polar surface area (TPSA) is 66.0 Å². The number of nitrogens with zero attached hydrogens (tertiary/aromatic N) is 2. The molecule has 2 N–H and O–H groups in total. The van der Waals surface area contributed by atoms with Crippen LogP contribution in [0, 0.1) is 12.8 Å². The van der Waals surface area contributed by atoms with E-state index < -0.39 is 0 Å². The predicted octanol–water partition coefficient (Wildman–Crippen LogP) is 2.63. The largest absolute Gasteiger partial charge is 0.384 e. The highest BCUT2D eigenvalue weighted by atomic mass is 79.9. The Bertz CT molecular complexity index is 621. The van der Waals surface area contributed by atoms with Gasteiger partial charge in [0, 0.05) is 56.3 Å². The van der Waals surface area contributed by atoms with Crippen molar-refractivity contribution in [3.8, 4) is 0 Å². The molecule has 0 aliphatic carbocycles. The van der Waals surface area contributed by atoms with Crippen LogP contribution in [0.5, 0.6) is 0 Å². The van der Waals surface area contributed by atoms with Crippen LogP contribution in [-0.2, 0) is 9.53 Å². The third kappa shape index (κ3) is 6.01. The lowest BCUT2D eigenvalue weighted by Gasteiger charge is -2.21. The first-order valence-electron chi connectivity index (χ1n) is 8.54. The SMILES string of the molecule is CN=C(NCCC(=O)Nc1ccc(Br)cc1C)N1CCC(COC)C1. The van der Waals surface area contributed by atoms with Crippen LogP contribution in [-0.4, -0.2) is 57.2 Å². The number of methoxy groups -OCH3 is 1. The number of halogens is 1. The van der Waals surface area contributed by atoms with E-state index in [-0.39, 0.29) is 5.91 Å². The van der Waals surface area contributed by atoms with Crippen LogP contribution >= 0.6 is 15.9 Å². The number of hydrogen-bond acceptors (Lipinski definition) is 3. The van der Waals surface area contributed by atoms with Crippen LogP contribution in [0.2, 0.25) is 0 Å². The highest BCUT2D eigenvalue weighted by Gasteiger charge is 2.24. The number of nitrogens with one attached hydrogen (secondary N) is 2. The molecule has 25 heavy (non-hydrogen) atoms. The van der Waals surface area contributed by atoms with Crippen LogP contribution in [0.25, 0.3) is 0 Å². The van der Waals surface area contributed by atoms with Gasteiger partial charge in [-0.05, 0) is 37.1 Å². The molecule has 0 bridgehead atoms. The van der Waals surface area contributed by atoms with Gasteiger partial charge < -0.3 is 20.3 Å². The summed E-state index contributed by atoms with van der Waals surface area (Å²) in [4.78, 5) is 18.7. The molecule has 1 saturated heterocycles. The van der Waals surface area contributed by atoms with Crippen molar-refractivity contribution in [3.63, 3.8) is 0 Å². The highest BCUT2D eigenvalue weighted by Crippen LogP contribution is 2.20. The van der Waals surface area contributed by atoms with Crippen molar-refractivity contribution in [1.82, 2.24) is 10.2 Å². The molecule has 6 nitrogen and oxygen atoms in total. The number of likely N-dealkylation sites (tertiary alicyclic amines) is 1. The molecule has 1 amide bonds. The second kappa shape index (κ2) is 9.77. The third-order valence-electron chi connectivity index (χ3n) is 4.30. The Morgan fingerprint density at radius 2 is 2.28 bits per heavy atom. The summed E-state index contributed by atoms with van der Waals surface area (Å²) in [6.07, 6.45) is 1.50. The summed E-state index contributed by atoms with van der Waals surface area (Å²) in [5.74, 6) is 1.39. The molecule has 1 aromatic carbocycles. The van der Waals surface area contributed by atoms with Gasteiger partial charge in [-0.15, -0.1) is 0 Å². The van der Waals surface area contributed by atoms with Gasteiger partial charge in [0.25, 0.3) is 0 Å². The molecule has 1 aliphatic heterocycles. The average Bonchev–Trinajstić information content (AvgIpc) is 3.03.